The average Bonchev–Trinajstić information content (AvgIpc) is 2.37. The molecule has 1 aliphatic rings. The normalized spacial score (nSPS) is 19.0. The molecule has 1 amide bonds. The van der Waals surface area contributed by atoms with Crippen molar-refractivity contribution in [2.75, 3.05) is 0 Å². The van der Waals surface area contributed by atoms with Crippen LogP contribution in [0.5, 0.6) is 0 Å². The summed E-state index contributed by atoms with van der Waals surface area (Å²) in [6.07, 6.45) is 2.11. The van der Waals surface area contributed by atoms with Crippen LogP contribution in [0.15, 0.2) is 29.4 Å². The third-order valence-corrected chi connectivity index (χ3v) is 4.17. The first-order chi connectivity index (χ1) is 9.49. The molecule has 0 aliphatic heterocycles. The lowest BCUT2D eigenvalue weighted by Crippen LogP contribution is -2.54. The minimum absolute atomic E-state index is 0.0143. The van der Waals surface area contributed by atoms with E-state index in [1.54, 1.807) is 6.07 Å². The largest absolute Gasteiger partial charge is 0.409 e. The third kappa shape index (κ3) is 2.58. The highest BCUT2D eigenvalue weighted by Crippen LogP contribution is 2.41. The molecule has 1 atom stereocenters. The predicted octanol–water partition coefficient (Wildman–Crippen LogP) is 2.43. The Morgan fingerprint density at radius 2 is 2.25 bits per heavy atom. The zero-order valence-corrected chi connectivity index (χ0v) is 12.0. The molecule has 1 aromatic carbocycles. The quantitative estimate of drug-likeness (QED) is 0.345. The maximum atomic E-state index is 12.4. The van der Waals surface area contributed by atoms with Crippen LogP contribution in [-0.2, 0) is 4.79 Å². The van der Waals surface area contributed by atoms with Gasteiger partial charge >= 0.3 is 0 Å². The smallest absolute Gasteiger partial charge is 0.234 e. The first-order valence-electron chi connectivity index (χ1n) is 6.54. The molecule has 0 radical (unpaired) electrons. The first-order valence-corrected chi connectivity index (χ1v) is 6.92. The maximum absolute atomic E-state index is 12.4. The van der Waals surface area contributed by atoms with E-state index >= 15 is 0 Å². The maximum Gasteiger partial charge on any atom is 0.234 e. The third-order valence-electron chi connectivity index (χ3n) is 3.94. The summed E-state index contributed by atoms with van der Waals surface area (Å²) >= 11 is 5.94. The van der Waals surface area contributed by atoms with Crippen LogP contribution in [0, 0.1) is 5.41 Å². The Labute approximate surface area is 122 Å². The van der Waals surface area contributed by atoms with Gasteiger partial charge in [0, 0.05) is 5.02 Å². The Morgan fingerprint density at radius 1 is 1.55 bits per heavy atom. The highest BCUT2D eigenvalue weighted by atomic mass is 35.5. The molecule has 0 heterocycles. The molecule has 1 unspecified atom stereocenters. The molecule has 1 aliphatic carbocycles. The number of benzene rings is 1. The molecule has 4 N–H and O–H groups in total. The van der Waals surface area contributed by atoms with Crippen LogP contribution in [0.2, 0.25) is 5.02 Å². The van der Waals surface area contributed by atoms with E-state index in [-0.39, 0.29) is 17.8 Å². The Morgan fingerprint density at radius 3 is 2.75 bits per heavy atom. The number of amides is 1. The van der Waals surface area contributed by atoms with Crippen molar-refractivity contribution in [3.8, 4) is 0 Å². The van der Waals surface area contributed by atoms with Gasteiger partial charge in [-0.05, 0) is 37.5 Å². The molecule has 0 bridgehead atoms. The molecule has 20 heavy (non-hydrogen) atoms. The first kappa shape index (κ1) is 14.7. The van der Waals surface area contributed by atoms with Crippen LogP contribution >= 0.6 is 11.6 Å². The topological polar surface area (TPSA) is 87.7 Å². The number of carbonyl (C=O) groups is 1. The average molecular weight is 296 g/mol. The fourth-order valence-electron chi connectivity index (χ4n) is 2.42. The summed E-state index contributed by atoms with van der Waals surface area (Å²) in [6, 6.07) is 7.13. The number of hydrogen-bond acceptors (Lipinski definition) is 3. The number of nitrogens with zero attached hydrogens (tertiary/aromatic N) is 1. The number of halogens is 1. The molecule has 0 aromatic heterocycles. The van der Waals surface area contributed by atoms with E-state index in [4.69, 9.17) is 22.5 Å². The minimum atomic E-state index is -0.860. The SMILES string of the molecule is CC(NC(=O)C1(/C(N)=N/O)CCC1)c1cccc(Cl)c1. The Bertz CT molecular complexity index is 541. The molecule has 1 saturated carbocycles. The minimum Gasteiger partial charge on any atom is -0.409 e. The summed E-state index contributed by atoms with van der Waals surface area (Å²) in [5.41, 5.74) is 5.73. The summed E-state index contributed by atoms with van der Waals surface area (Å²) in [4.78, 5) is 12.4. The molecule has 6 heteroatoms. The van der Waals surface area contributed by atoms with Gasteiger partial charge in [0.05, 0.1) is 6.04 Å². The summed E-state index contributed by atoms with van der Waals surface area (Å²) in [6.45, 7) is 1.88. The van der Waals surface area contributed by atoms with E-state index in [0.717, 1.165) is 12.0 Å². The van der Waals surface area contributed by atoms with Crippen molar-refractivity contribution in [1.29, 1.82) is 0 Å². The van der Waals surface area contributed by atoms with E-state index in [1.807, 2.05) is 25.1 Å². The van der Waals surface area contributed by atoms with E-state index in [9.17, 15) is 4.79 Å². The van der Waals surface area contributed by atoms with Crippen LogP contribution in [0.3, 0.4) is 0 Å². The van der Waals surface area contributed by atoms with Gasteiger partial charge in [0.25, 0.3) is 0 Å². The van der Waals surface area contributed by atoms with Crippen LogP contribution in [0.25, 0.3) is 0 Å². The summed E-state index contributed by atoms with van der Waals surface area (Å²) in [5, 5.41) is 15.4. The number of carbonyl (C=O) groups excluding carboxylic acids is 1. The molecule has 1 fully saturated rings. The summed E-state index contributed by atoms with van der Waals surface area (Å²) < 4.78 is 0. The van der Waals surface area contributed by atoms with E-state index in [1.165, 1.54) is 0 Å². The molecular weight excluding hydrogens is 278 g/mol. The second-order valence-electron chi connectivity index (χ2n) is 5.17. The Balaban J connectivity index is 2.11. The zero-order valence-electron chi connectivity index (χ0n) is 11.3. The lowest BCUT2D eigenvalue weighted by Gasteiger charge is -2.39. The van der Waals surface area contributed by atoms with Crippen molar-refractivity contribution >= 4 is 23.3 Å². The summed E-state index contributed by atoms with van der Waals surface area (Å²) in [7, 11) is 0. The molecule has 2 rings (SSSR count). The standard InChI is InChI=1S/C14H18ClN3O2/c1-9(10-4-2-5-11(15)8-10)17-13(19)14(6-3-7-14)12(16)18-20/h2,4-5,8-9,20H,3,6-7H2,1H3,(H2,16,18)(H,17,19). The number of nitrogens with one attached hydrogen (secondary N) is 1. The van der Waals surface area contributed by atoms with Gasteiger partial charge in [-0.25, -0.2) is 0 Å². The lowest BCUT2D eigenvalue weighted by atomic mass is 9.67. The van der Waals surface area contributed by atoms with Gasteiger partial charge in [-0.1, -0.05) is 35.3 Å². The van der Waals surface area contributed by atoms with Crippen molar-refractivity contribution in [3.63, 3.8) is 0 Å². The molecular formula is C14H18ClN3O2. The van der Waals surface area contributed by atoms with Crippen LogP contribution < -0.4 is 11.1 Å². The highest BCUT2D eigenvalue weighted by Gasteiger charge is 2.48. The molecule has 0 saturated heterocycles. The fourth-order valence-corrected chi connectivity index (χ4v) is 2.62. The van der Waals surface area contributed by atoms with Gasteiger partial charge in [-0.3, -0.25) is 4.79 Å². The van der Waals surface area contributed by atoms with Gasteiger partial charge in [-0.2, -0.15) is 0 Å². The second kappa shape index (κ2) is 5.71. The monoisotopic (exact) mass is 295 g/mol. The van der Waals surface area contributed by atoms with Crippen molar-refractivity contribution in [2.24, 2.45) is 16.3 Å². The van der Waals surface area contributed by atoms with E-state index < -0.39 is 5.41 Å². The van der Waals surface area contributed by atoms with Gasteiger partial charge in [0.1, 0.15) is 5.41 Å². The lowest BCUT2D eigenvalue weighted by molar-refractivity contribution is -0.131. The van der Waals surface area contributed by atoms with Crippen LogP contribution in [0.4, 0.5) is 0 Å². The Hall–Kier alpha value is -1.75. The van der Waals surface area contributed by atoms with E-state index in [2.05, 4.69) is 10.5 Å². The van der Waals surface area contributed by atoms with Crippen LogP contribution in [-0.4, -0.2) is 17.0 Å². The summed E-state index contributed by atoms with van der Waals surface area (Å²) in [5.74, 6) is -0.217. The van der Waals surface area contributed by atoms with Gasteiger partial charge in [0.2, 0.25) is 5.91 Å². The van der Waals surface area contributed by atoms with Gasteiger partial charge < -0.3 is 16.3 Å². The Kier molecular flexibility index (Phi) is 4.18. The predicted molar refractivity (Wildman–Crippen MR) is 77.7 cm³/mol. The number of amidine groups is 1. The van der Waals surface area contributed by atoms with E-state index in [0.29, 0.717) is 17.9 Å². The molecule has 5 nitrogen and oxygen atoms in total. The fraction of sp³-hybridized carbons (Fsp3) is 0.429. The van der Waals surface area contributed by atoms with Gasteiger partial charge in [0.15, 0.2) is 5.84 Å². The van der Waals surface area contributed by atoms with Crippen molar-refractivity contribution < 1.29 is 10.0 Å². The number of oxime groups is 1. The zero-order chi connectivity index (χ0) is 14.8. The second-order valence-corrected chi connectivity index (χ2v) is 5.61. The molecule has 108 valence electrons. The van der Waals surface area contributed by atoms with Crippen molar-refractivity contribution in [1.82, 2.24) is 5.32 Å². The van der Waals surface area contributed by atoms with Crippen molar-refractivity contribution in [2.45, 2.75) is 32.2 Å². The van der Waals surface area contributed by atoms with Crippen LogP contribution in [0.1, 0.15) is 37.8 Å². The highest BCUT2D eigenvalue weighted by molar-refractivity contribution is 6.30. The number of hydrogen-bond donors (Lipinski definition) is 3. The number of nitrogens with two attached hydrogens (primary N) is 1. The molecule has 0 spiro atoms. The molecule has 1 aromatic rings. The van der Waals surface area contributed by atoms with Gasteiger partial charge in [-0.15, -0.1) is 0 Å². The van der Waals surface area contributed by atoms with Crippen molar-refractivity contribution in [3.05, 3.63) is 34.9 Å². The number of rotatable bonds is 4.